The number of nitrogens with one attached hydrogen (secondary N) is 2. The number of nitrogens with zero attached hydrogens (tertiary/aromatic N) is 2. The fourth-order valence-corrected chi connectivity index (χ4v) is 5.46. The van der Waals surface area contributed by atoms with E-state index in [4.69, 9.17) is 9.57 Å². The Bertz CT molecular complexity index is 1150. The summed E-state index contributed by atoms with van der Waals surface area (Å²) in [5.41, 5.74) is 5.33. The highest BCUT2D eigenvalue weighted by molar-refractivity contribution is 7.92. The SMILES string of the molecule is CC(C)CC(C(=O)NN(c1ccccc1)S(C)(=O)=O)[C@@H](CC=Cc1nccs1)C(=O)NO[C@H]1CCCCO1. The highest BCUT2D eigenvalue weighted by Crippen LogP contribution is 2.27. The number of allylic oxidation sites excluding steroid dienone is 1. The van der Waals surface area contributed by atoms with Crippen molar-refractivity contribution in [1.29, 1.82) is 0 Å². The largest absolute Gasteiger partial charge is 0.350 e. The number of benzene rings is 1. The van der Waals surface area contributed by atoms with E-state index < -0.39 is 40.0 Å². The average Bonchev–Trinajstić information content (AvgIpc) is 3.41. The molecule has 0 saturated carbocycles. The van der Waals surface area contributed by atoms with Crippen LogP contribution in [0.25, 0.3) is 6.08 Å². The van der Waals surface area contributed by atoms with Crippen molar-refractivity contribution in [3.63, 3.8) is 0 Å². The van der Waals surface area contributed by atoms with Gasteiger partial charge in [0, 0.05) is 24.6 Å². The van der Waals surface area contributed by atoms with E-state index in [1.54, 1.807) is 48.7 Å². The van der Waals surface area contributed by atoms with Gasteiger partial charge in [-0.1, -0.05) is 38.1 Å². The van der Waals surface area contributed by atoms with E-state index in [0.717, 1.165) is 28.5 Å². The minimum atomic E-state index is -3.85. The number of hydrogen-bond donors (Lipinski definition) is 2. The van der Waals surface area contributed by atoms with Crippen molar-refractivity contribution < 1.29 is 27.6 Å². The maximum absolute atomic E-state index is 13.7. The Labute approximate surface area is 228 Å². The summed E-state index contributed by atoms with van der Waals surface area (Å²) in [6.45, 7) is 4.44. The van der Waals surface area contributed by atoms with E-state index in [0.29, 0.717) is 19.4 Å². The van der Waals surface area contributed by atoms with Crippen LogP contribution in [-0.4, -0.2) is 44.4 Å². The first-order valence-electron chi connectivity index (χ1n) is 12.6. The van der Waals surface area contributed by atoms with Gasteiger partial charge >= 0.3 is 0 Å². The first-order chi connectivity index (χ1) is 18.1. The lowest BCUT2D eigenvalue weighted by Gasteiger charge is -2.30. The first-order valence-corrected chi connectivity index (χ1v) is 15.4. The molecule has 1 fully saturated rings. The summed E-state index contributed by atoms with van der Waals surface area (Å²) in [7, 11) is -3.85. The minimum Gasteiger partial charge on any atom is -0.350 e. The van der Waals surface area contributed by atoms with Crippen LogP contribution in [0.15, 0.2) is 48.0 Å². The standard InChI is InChI=1S/C26H36N4O6S2/c1-19(2)18-22(25(31)28-30(38(3,33)34)20-10-5-4-6-11-20)21(12-9-13-23-27-15-17-37-23)26(32)29-36-24-14-7-8-16-35-24/h4-6,9-11,13,15,17,19,21-22,24H,7-8,12,14,16,18H2,1-3H3,(H,28,31)(H,29,32)/t21-,22?,24+/m1/s1. The van der Waals surface area contributed by atoms with Gasteiger partial charge in [0.2, 0.25) is 21.8 Å². The molecule has 1 saturated heterocycles. The molecule has 0 spiro atoms. The molecule has 10 nitrogen and oxygen atoms in total. The molecule has 1 aromatic heterocycles. The lowest BCUT2D eigenvalue weighted by molar-refractivity contribution is -0.203. The van der Waals surface area contributed by atoms with Crippen LogP contribution in [0.3, 0.4) is 0 Å². The highest BCUT2D eigenvalue weighted by atomic mass is 32.2. The lowest BCUT2D eigenvalue weighted by atomic mass is 9.82. The quantitative estimate of drug-likeness (QED) is 0.353. The van der Waals surface area contributed by atoms with E-state index in [1.165, 1.54) is 11.3 Å². The lowest BCUT2D eigenvalue weighted by Crippen LogP contribution is -2.51. The number of amides is 2. The number of rotatable bonds is 13. The fourth-order valence-electron chi connectivity index (χ4n) is 4.14. The summed E-state index contributed by atoms with van der Waals surface area (Å²) in [6, 6.07) is 8.26. The second kappa shape index (κ2) is 14.4. The van der Waals surface area contributed by atoms with Crippen LogP contribution in [-0.2, 0) is 29.2 Å². The van der Waals surface area contributed by atoms with Gasteiger partial charge in [0.05, 0.1) is 23.8 Å². The number of hydroxylamine groups is 1. The molecule has 2 N–H and O–H groups in total. The zero-order valence-electron chi connectivity index (χ0n) is 21.9. The molecule has 1 unspecified atom stereocenters. The van der Waals surface area contributed by atoms with Gasteiger partial charge in [0.1, 0.15) is 5.01 Å². The van der Waals surface area contributed by atoms with Crippen LogP contribution in [0.4, 0.5) is 5.69 Å². The van der Waals surface area contributed by atoms with Gasteiger partial charge < -0.3 is 4.74 Å². The van der Waals surface area contributed by atoms with Crippen LogP contribution in [0.2, 0.25) is 0 Å². The van der Waals surface area contributed by atoms with Gasteiger partial charge in [-0.25, -0.2) is 23.7 Å². The number of ether oxygens (including phenoxy) is 1. The predicted molar refractivity (Wildman–Crippen MR) is 147 cm³/mol. The molecule has 0 bridgehead atoms. The molecule has 3 atom stereocenters. The molecule has 1 aromatic carbocycles. The predicted octanol–water partition coefficient (Wildman–Crippen LogP) is 3.90. The maximum atomic E-state index is 13.7. The maximum Gasteiger partial charge on any atom is 0.249 e. The number of aromatic nitrogens is 1. The van der Waals surface area contributed by atoms with Crippen LogP contribution < -0.4 is 15.3 Å². The van der Waals surface area contributed by atoms with E-state index in [2.05, 4.69) is 15.9 Å². The molecule has 0 aliphatic carbocycles. The highest BCUT2D eigenvalue weighted by Gasteiger charge is 2.36. The third kappa shape index (κ3) is 9.19. The van der Waals surface area contributed by atoms with Gasteiger partial charge in [-0.15, -0.1) is 11.3 Å². The number of hydrazine groups is 1. The molecule has 2 heterocycles. The van der Waals surface area contributed by atoms with E-state index in [9.17, 15) is 18.0 Å². The Morgan fingerprint density at radius 2 is 1.97 bits per heavy atom. The summed E-state index contributed by atoms with van der Waals surface area (Å²) in [4.78, 5) is 36.8. The van der Waals surface area contributed by atoms with E-state index in [1.807, 2.05) is 19.2 Å². The zero-order valence-corrected chi connectivity index (χ0v) is 23.5. The Hall–Kier alpha value is -2.80. The molecule has 38 heavy (non-hydrogen) atoms. The average molecular weight is 565 g/mol. The van der Waals surface area contributed by atoms with Crippen LogP contribution in [0.1, 0.15) is 51.0 Å². The number of carbonyl (C=O) groups excluding carboxylic acids is 2. The zero-order chi connectivity index (χ0) is 27.5. The summed E-state index contributed by atoms with van der Waals surface area (Å²) in [5, 5.41) is 2.62. The summed E-state index contributed by atoms with van der Waals surface area (Å²) >= 11 is 1.45. The molecule has 3 rings (SSSR count). The summed E-state index contributed by atoms with van der Waals surface area (Å²) < 4.78 is 31.5. The molecular formula is C26H36N4O6S2. The number of anilines is 1. The van der Waals surface area contributed by atoms with Crippen LogP contribution >= 0.6 is 11.3 Å². The summed E-state index contributed by atoms with van der Waals surface area (Å²) in [6.07, 6.45) is 8.84. The number of thiazole rings is 1. The van der Waals surface area contributed by atoms with E-state index in [-0.39, 0.29) is 18.0 Å². The molecular weight excluding hydrogens is 528 g/mol. The molecule has 1 aliphatic heterocycles. The normalized spacial score (nSPS) is 17.7. The second-order valence-electron chi connectivity index (χ2n) is 9.57. The Kier molecular flexibility index (Phi) is 11.3. The topological polar surface area (TPSA) is 127 Å². The van der Waals surface area contributed by atoms with Gasteiger partial charge in [0.25, 0.3) is 0 Å². The monoisotopic (exact) mass is 564 g/mol. The van der Waals surface area contributed by atoms with Gasteiger partial charge in [-0.2, -0.15) is 4.41 Å². The molecule has 1 aliphatic rings. The van der Waals surface area contributed by atoms with Gasteiger partial charge in [-0.05, 0) is 49.8 Å². The third-order valence-corrected chi connectivity index (χ3v) is 7.66. The smallest absolute Gasteiger partial charge is 0.249 e. The van der Waals surface area contributed by atoms with Crippen LogP contribution in [0.5, 0.6) is 0 Å². The molecule has 2 amide bonds. The minimum absolute atomic E-state index is 0.0509. The third-order valence-electron chi connectivity index (χ3n) is 5.95. The van der Waals surface area contributed by atoms with Crippen molar-refractivity contribution in [1.82, 2.24) is 15.9 Å². The molecule has 12 heteroatoms. The van der Waals surface area contributed by atoms with Crippen LogP contribution in [0, 0.1) is 17.8 Å². The number of hydrogen-bond acceptors (Lipinski definition) is 8. The Balaban J connectivity index is 1.85. The number of carbonyl (C=O) groups is 2. The van der Waals surface area contributed by atoms with Gasteiger partial charge in [-0.3, -0.25) is 15.0 Å². The first kappa shape index (κ1) is 29.8. The second-order valence-corrected chi connectivity index (χ2v) is 12.3. The Morgan fingerprint density at radius 1 is 1.21 bits per heavy atom. The molecule has 208 valence electrons. The Morgan fingerprint density at radius 3 is 2.58 bits per heavy atom. The molecule has 0 radical (unpaired) electrons. The van der Waals surface area contributed by atoms with Crippen molar-refractivity contribution in [3.8, 4) is 0 Å². The number of sulfonamides is 1. The van der Waals surface area contributed by atoms with Crippen molar-refractivity contribution in [2.75, 3.05) is 17.3 Å². The summed E-state index contributed by atoms with van der Waals surface area (Å²) in [5.74, 6) is -2.69. The van der Waals surface area contributed by atoms with Gasteiger partial charge in [0.15, 0.2) is 6.29 Å². The number of para-hydroxylation sites is 1. The van der Waals surface area contributed by atoms with Crippen molar-refractivity contribution >= 4 is 44.9 Å². The molecule has 2 aromatic rings. The van der Waals surface area contributed by atoms with Crippen molar-refractivity contribution in [3.05, 3.63) is 53.0 Å². The van der Waals surface area contributed by atoms with Crippen molar-refractivity contribution in [2.45, 2.75) is 52.2 Å². The van der Waals surface area contributed by atoms with E-state index >= 15 is 0 Å². The van der Waals surface area contributed by atoms with Crippen molar-refractivity contribution in [2.24, 2.45) is 17.8 Å². The fraction of sp³-hybridized carbons (Fsp3) is 0.500.